The maximum atomic E-state index is 11.7. The number of aromatic nitrogens is 1. The molecule has 0 fully saturated rings. The summed E-state index contributed by atoms with van der Waals surface area (Å²) in [5, 5.41) is 2.66. The van der Waals surface area contributed by atoms with Gasteiger partial charge < -0.3 is 10.1 Å². The monoisotopic (exact) mass is 280 g/mol. The van der Waals surface area contributed by atoms with Gasteiger partial charge in [0.25, 0.3) is 0 Å². The van der Waals surface area contributed by atoms with E-state index in [9.17, 15) is 9.59 Å². The van der Waals surface area contributed by atoms with E-state index in [1.54, 1.807) is 13.8 Å². The summed E-state index contributed by atoms with van der Waals surface area (Å²) >= 11 is 5.95. The lowest BCUT2D eigenvalue weighted by atomic mass is 10.2. The molecule has 0 spiro atoms. The number of nitrogens with zero attached hydrogens (tertiary/aromatic N) is 1. The van der Waals surface area contributed by atoms with Crippen LogP contribution in [0.5, 0.6) is 0 Å². The molecule has 1 N–H and O–H groups in total. The molecule has 0 radical (unpaired) electrons. The molecule has 0 atom stereocenters. The molecule has 0 unspecified atom stereocenters. The zero-order valence-electron chi connectivity index (χ0n) is 10.8. The third-order valence-corrected chi connectivity index (χ3v) is 2.29. The van der Waals surface area contributed by atoms with Crippen molar-refractivity contribution in [2.45, 2.75) is 20.8 Å². The van der Waals surface area contributed by atoms with Gasteiger partial charge in [-0.3, -0.25) is 4.79 Å². The highest BCUT2D eigenvalue weighted by Crippen LogP contribution is 2.23. The topological polar surface area (TPSA) is 68.3 Å². The predicted octanol–water partition coefficient (Wildman–Crippen LogP) is 2.24. The van der Waals surface area contributed by atoms with Gasteiger partial charge in [0.15, 0.2) is 5.69 Å². The minimum atomic E-state index is -0.624. The molecule has 0 aliphatic heterocycles. The Labute approximate surface area is 116 Å². The molecule has 100 valence electrons. The summed E-state index contributed by atoms with van der Waals surface area (Å²) in [5.41, 5.74) is 0.612. The molecular formula is C13H13ClN2O3. The minimum Gasteiger partial charge on any atom is -0.461 e. The highest BCUT2D eigenvalue weighted by atomic mass is 35.5. The van der Waals surface area contributed by atoms with Crippen LogP contribution in [0, 0.1) is 11.8 Å². The molecular weight excluding hydrogens is 268 g/mol. The van der Waals surface area contributed by atoms with Crippen molar-refractivity contribution in [3.8, 4) is 11.8 Å². The number of ether oxygens (including phenoxy) is 1. The number of esters is 1. The minimum absolute atomic E-state index is 0.0182. The van der Waals surface area contributed by atoms with Crippen LogP contribution in [0.3, 0.4) is 0 Å². The standard InChI is InChI=1S/C13H13ClN2O3/c1-4-6-10-11(15-8(3)17)7-9(14)12(16-10)13(18)19-5-2/h7H,5H2,1-3H3,(H,15,17). The second-order valence-corrected chi connectivity index (χ2v) is 3.90. The van der Waals surface area contributed by atoms with E-state index in [-0.39, 0.29) is 28.9 Å². The Hall–Kier alpha value is -2.06. The van der Waals surface area contributed by atoms with Gasteiger partial charge in [-0.2, -0.15) is 0 Å². The zero-order valence-corrected chi connectivity index (χ0v) is 11.6. The van der Waals surface area contributed by atoms with Gasteiger partial charge in [-0.05, 0) is 25.8 Å². The van der Waals surface area contributed by atoms with E-state index < -0.39 is 5.97 Å². The molecule has 6 heteroatoms. The van der Waals surface area contributed by atoms with Gasteiger partial charge >= 0.3 is 5.97 Å². The molecule has 0 bridgehead atoms. The zero-order chi connectivity index (χ0) is 14.4. The van der Waals surface area contributed by atoms with Crippen molar-refractivity contribution in [2.75, 3.05) is 11.9 Å². The Morgan fingerprint density at radius 2 is 2.21 bits per heavy atom. The molecule has 1 rings (SSSR count). The number of hydrogen-bond acceptors (Lipinski definition) is 4. The number of hydrogen-bond donors (Lipinski definition) is 1. The number of carbonyl (C=O) groups excluding carboxylic acids is 2. The van der Waals surface area contributed by atoms with Crippen LogP contribution in [0.4, 0.5) is 5.69 Å². The van der Waals surface area contributed by atoms with Crippen molar-refractivity contribution in [3.63, 3.8) is 0 Å². The maximum absolute atomic E-state index is 11.7. The average molecular weight is 281 g/mol. The van der Waals surface area contributed by atoms with Gasteiger partial charge in [-0.1, -0.05) is 17.5 Å². The molecule has 5 nitrogen and oxygen atoms in total. The first-order valence-corrected chi connectivity index (χ1v) is 5.95. The van der Waals surface area contributed by atoms with E-state index >= 15 is 0 Å². The van der Waals surface area contributed by atoms with Crippen molar-refractivity contribution in [1.82, 2.24) is 4.98 Å². The molecule has 0 aliphatic carbocycles. The first-order chi connectivity index (χ1) is 8.99. The molecule has 0 aliphatic rings. The lowest BCUT2D eigenvalue weighted by molar-refractivity contribution is -0.114. The summed E-state index contributed by atoms with van der Waals surface area (Å²) in [6.07, 6.45) is 0. The van der Waals surface area contributed by atoms with Crippen LogP contribution in [-0.2, 0) is 9.53 Å². The Bertz CT molecular complexity index is 573. The normalized spacial score (nSPS) is 9.26. The number of carbonyl (C=O) groups is 2. The van der Waals surface area contributed by atoms with Crippen LogP contribution in [0.1, 0.15) is 37.0 Å². The fourth-order valence-electron chi connectivity index (χ4n) is 1.33. The highest BCUT2D eigenvalue weighted by molar-refractivity contribution is 6.33. The van der Waals surface area contributed by atoms with E-state index in [1.807, 2.05) is 0 Å². The SMILES string of the molecule is CC#Cc1nc(C(=O)OCC)c(Cl)cc1NC(C)=O. The van der Waals surface area contributed by atoms with Crippen molar-refractivity contribution in [2.24, 2.45) is 0 Å². The van der Waals surface area contributed by atoms with Crippen LogP contribution >= 0.6 is 11.6 Å². The summed E-state index contributed by atoms with van der Waals surface area (Å²) in [5.74, 6) is 4.46. The highest BCUT2D eigenvalue weighted by Gasteiger charge is 2.17. The number of pyridine rings is 1. The Morgan fingerprint density at radius 3 is 2.74 bits per heavy atom. The summed E-state index contributed by atoms with van der Waals surface area (Å²) in [6.45, 7) is 4.89. The van der Waals surface area contributed by atoms with Gasteiger partial charge in [0.2, 0.25) is 5.91 Å². The van der Waals surface area contributed by atoms with E-state index in [2.05, 4.69) is 22.1 Å². The number of halogens is 1. The Balaban J connectivity index is 3.30. The predicted molar refractivity (Wildman–Crippen MR) is 72.1 cm³/mol. The van der Waals surface area contributed by atoms with Gasteiger partial charge in [0, 0.05) is 6.92 Å². The fourth-order valence-corrected chi connectivity index (χ4v) is 1.56. The van der Waals surface area contributed by atoms with Gasteiger partial charge in [-0.15, -0.1) is 0 Å². The van der Waals surface area contributed by atoms with E-state index in [0.717, 1.165) is 0 Å². The molecule has 19 heavy (non-hydrogen) atoms. The second kappa shape index (κ2) is 6.76. The third-order valence-electron chi connectivity index (χ3n) is 2.00. The molecule has 1 aromatic rings. The first kappa shape index (κ1) is 15.0. The second-order valence-electron chi connectivity index (χ2n) is 3.49. The smallest absolute Gasteiger partial charge is 0.358 e. The summed E-state index contributed by atoms with van der Waals surface area (Å²) in [6, 6.07) is 1.43. The van der Waals surface area contributed by atoms with Crippen molar-refractivity contribution >= 4 is 29.2 Å². The number of amides is 1. The van der Waals surface area contributed by atoms with Crippen LogP contribution in [0.2, 0.25) is 5.02 Å². The largest absolute Gasteiger partial charge is 0.461 e. The van der Waals surface area contributed by atoms with Gasteiger partial charge in [0.1, 0.15) is 5.69 Å². The summed E-state index contributed by atoms with van der Waals surface area (Å²) in [4.78, 5) is 26.8. The lowest BCUT2D eigenvalue weighted by Gasteiger charge is -2.09. The van der Waals surface area contributed by atoms with Gasteiger partial charge in [-0.25, -0.2) is 9.78 Å². The molecule has 1 heterocycles. The average Bonchev–Trinajstić information content (AvgIpc) is 2.32. The molecule has 1 aromatic heterocycles. The fraction of sp³-hybridized carbons (Fsp3) is 0.308. The lowest BCUT2D eigenvalue weighted by Crippen LogP contribution is -2.13. The van der Waals surface area contributed by atoms with Crippen LogP contribution in [-0.4, -0.2) is 23.5 Å². The summed E-state index contributed by atoms with van der Waals surface area (Å²) in [7, 11) is 0. The van der Waals surface area contributed by atoms with Crippen molar-refractivity contribution in [1.29, 1.82) is 0 Å². The van der Waals surface area contributed by atoms with E-state index in [1.165, 1.54) is 13.0 Å². The molecule has 0 aromatic carbocycles. The Kier molecular flexibility index (Phi) is 5.34. The van der Waals surface area contributed by atoms with Crippen LogP contribution in [0.15, 0.2) is 6.07 Å². The van der Waals surface area contributed by atoms with Crippen molar-refractivity contribution < 1.29 is 14.3 Å². The van der Waals surface area contributed by atoms with E-state index in [0.29, 0.717) is 5.69 Å². The summed E-state index contributed by atoms with van der Waals surface area (Å²) < 4.78 is 4.84. The number of rotatable bonds is 3. The maximum Gasteiger partial charge on any atom is 0.358 e. The quantitative estimate of drug-likeness (QED) is 0.681. The molecule has 0 saturated heterocycles. The van der Waals surface area contributed by atoms with Crippen molar-refractivity contribution in [3.05, 3.63) is 22.5 Å². The Morgan fingerprint density at radius 1 is 1.53 bits per heavy atom. The van der Waals surface area contributed by atoms with Crippen LogP contribution < -0.4 is 5.32 Å². The third kappa shape index (κ3) is 3.97. The number of anilines is 1. The number of nitrogens with one attached hydrogen (secondary N) is 1. The molecule has 0 saturated carbocycles. The van der Waals surface area contributed by atoms with Crippen LogP contribution in [0.25, 0.3) is 0 Å². The molecule has 1 amide bonds. The van der Waals surface area contributed by atoms with E-state index in [4.69, 9.17) is 16.3 Å². The van der Waals surface area contributed by atoms with Gasteiger partial charge in [0.05, 0.1) is 17.3 Å². The first-order valence-electron chi connectivity index (χ1n) is 5.57.